The van der Waals surface area contributed by atoms with Crippen LogP contribution in [0.5, 0.6) is 0 Å². The summed E-state index contributed by atoms with van der Waals surface area (Å²) in [6.07, 6.45) is 1.21. The van der Waals surface area contributed by atoms with Gasteiger partial charge in [0, 0.05) is 0 Å². The lowest BCUT2D eigenvalue weighted by Crippen LogP contribution is -1.88. The van der Waals surface area contributed by atoms with E-state index >= 15 is 0 Å². The van der Waals surface area contributed by atoms with Crippen molar-refractivity contribution in [1.29, 1.82) is 0 Å². The Kier molecular flexibility index (Phi) is 5.15. The molecule has 3 heteroatoms. The summed E-state index contributed by atoms with van der Waals surface area (Å²) in [6.45, 7) is 4.86. The summed E-state index contributed by atoms with van der Waals surface area (Å²) in [6, 6.07) is 0. The number of hydrogen-bond donors (Lipinski definition) is 1. The Labute approximate surface area is 60.8 Å². The number of ether oxygens (including phenoxy) is 1. The molecule has 2 atom stereocenters. The fourth-order valence-corrected chi connectivity index (χ4v) is 0.0962. The van der Waals surface area contributed by atoms with Crippen LogP contribution in [0, 0.1) is 0 Å². The smallest absolute Gasteiger partial charge is 0.127 e. The molecular formula is C6H13ClO2. The normalized spacial score (nSPS) is 26.0. The third-order valence-electron chi connectivity index (χ3n) is 0.837. The van der Waals surface area contributed by atoms with E-state index < -0.39 is 5.56 Å². The summed E-state index contributed by atoms with van der Waals surface area (Å²) < 4.78 is 4.71. The first-order valence-corrected chi connectivity index (χ1v) is 3.54. The lowest BCUT2D eigenvalue weighted by atomic mass is 10.5. The standard InChI is InChI=1S/C3H7ClO.C3H6O/c1-2-3(4)5;1-3-2-4-3/h3,5H,2H2,1H3;3H,2H2,1H3. The minimum absolute atomic E-state index is 0.583. The highest BCUT2D eigenvalue weighted by molar-refractivity contribution is 6.19. The molecule has 0 aliphatic carbocycles. The maximum absolute atomic E-state index is 8.13. The third kappa shape index (κ3) is 11.7. The van der Waals surface area contributed by atoms with Crippen LogP contribution in [0.1, 0.15) is 20.3 Å². The van der Waals surface area contributed by atoms with Crippen LogP contribution in [0.2, 0.25) is 0 Å². The van der Waals surface area contributed by atoms with E-state index in [0.717, 1.165) is 6.61 Å². The van der Waals surface area contributed by atoms with E-state index in [4.69, 9.17) is 21.4 Å². The molecule has 0 aromatic rings. The van der Waals surface area contributed by atoms with Crippen molar-refractivity contribution < 1.29 is 9.84 Å². The second kappa shape index (κ2) is 5.03. The molecule has 0 radical (unpaired) electrons. The molecular weight excluding hydrogens is 140 g/mol. The molecule has 1 N–H and O–H groups in total. The van der Waals surface area contributed by atoms with E-state index in [-0.39, 0.29) is 0 Å². The van der Waals surface area contributed by atoms with Crippen LogP contribution >= 0.6 is 11.6 Å². The zero-order valence-corrected chi connectivity index (χ0v) is 6.56. The minimum atomic E-state index is -0.644. The van der Waals surface area contributed by atoms with Crippen molar-refractivity contribution >= 4 is 11.6 Å². The Bertz CT molecular complexity index is 62.1. The highest BCUT2D eigenvalue weighted by Gasteiger charge is 2.13. The van der Waals surface area contributed by atoms with Crippen molar-refractivity contribution in [2.45, 2.75) is 31.9 Å². The number of rotatable bonds is 1. The van der Waals surface area contributed by atoms with E-state index in [1.54, 1.807) is 0 Å². The van der Waals surface area contributed by atoms with Gasteiger partial charge in [0.15, 0.2) is 0 Å². The van der Waals surface area contributed by atoms with E-state index in [0.29, 0.717) is 12.5 Å². The van der Waals surface area contributed by atoms with E-state index in [2.05, 4.69) is 6.92 Å². The van der Waals surface area contributed by atoms with E-state index in [1.165, 1.54) is 0 Å². The molecule has 1 rings (SSSR count). The molecule has 0 aromatic carbocycles. The van der Waals surface area contributed by atoms with Crippen molar-refractivity contribution in [3.8, 4) is 0 Å². The molecule has 56 valence electrons. The van der Waals surface area contributed by atoms with E-state index in [1.807, 2.05) is 6.92 Å². The average Bonchev–Trinajstić information content (AvgIpc) is 2.53. The zero-order chi connectivity index (χ0) is 7.28. The Balaban J connectivity index is 0.000000144. The Morgan fingerprint density at radius 2 is 2.11 bits per heavy atom. The first-order valence-electron chi connectivity index (χ1n) is 3.10. The molecule has 2 nitrogen and oxygen atoms in total. The van der Waals surface area contributed by atoms with Crippen LogP contribution in [0.25, 0.3) is 0 Å². The van der Waals surface area contributed by atoms with Gasteiger partial charge < -0.3 is 9.84 Å². The topological polar surface area (TPSA) is 32.8 Å². The molecule has 9 heavy (non-hydrogen) atoms. The number of halogens is 1. The van der Waals surface area contributed by atoms with Gasteiger partial charge in [-0.15, -0.1) is 0 Å². The van der Waals surface area contributed by atoms with Gasteiger partial charge in [0.1, 0.15) is 5.56 Å². The molecule has 1 aliphatic rings. The summed E-state index contributed by atoms with van der Waals surface area (Å²) in [5, 5.41) is 8.13. The Hall–Kier alpha value is 0.210. The SMILES string of the molecule is CC1CO1.CCC(O)Cl. The number of alkyl halides is 1. The third-order valence-corrected chi connectivity index (χ3v) is 1.15. The maximum atomic E-state index is 8.13. The average molecular weight is 153 g/mol. The maximum Gasteiger partial charge on any atom is 0.127 e. The van der Waals surface area contributed by atoms with Gasteiger partial charge in [0.2, 0.25) is 0 Å². The molecule has 1 aliphatic heterocycles. The largest absolute Gasteiger partial charge is 0.378 e. The van der Waals surface area contributed by atoms with Gasteiger partial charge in [-0.25, -0.2) is 0 Å². The second-order valence-electron chi connectivity index (χ2n) is 1.99. The predicted octanol–water partition coefficient (Wildman–Crippen LogP) is 1.36. The highest BCUT2D eigenvalue weighted by atomic mass is 35.5. The van der Waals surface area contributed by atoms with Crippen molar-refractivity contribution in [2.24, 2.45) is 0 Å². The van der Waals surface area contributed by atoms with Gasteiger partial charge in [-0.3, -0.25) is 0 Å². The van der Waals surface area contributed by atoms with Crippen molar-refractivity contribution in [3.63, 3.8) is 0 Å². The van der Waals surface area contributed by atoms with Crippen LogP contribution < -0.4 is 0 Å². The van der Waals surface area contributed by atoms with Crippen molar-refractivity contribution in [2.75, 3.05) is 6.61 Å². The number of epoxide rings is 1. The summed E-state index contributed by atoms with van der Waals surface area (Å²) >= 11 is 5.02. The van der Waals surface area contributed by atoms with Gasteiger partial charge >= 0.3 is 0 Å². The second-order valence-corrected chi connectivity index (χ2v) is 2.49. The van der Waals surface area contributed by atoms with Crippen molar-refractivity contribution in [3.05, 3.63) is 0 Å². The lowest BCUT2D eigenvalue weighted by Gasteiger charge is -1.87. The summed E-state index contributed by atoms with van der Waals surface area (Å²) in [4.78, 5) is 0. The molecule has 1 heterocycles. The molecule has 1 fully saturated rings. The first kappa shape index (κ1) is 9.21. The van der Waals surface area contributed by atoms with Gasteiger partial charge in [-0.1, -0.05) is 18.5 Å². The minimum Gasteiger partial charge on any atom is -0.378 e. The monoisotopic (exact) mass is 152 g/mol. The zero-order valence-electron chi connectivity index (χ0n) is 5.80. The molecule has 0 spiro atoms. The molecule has 2 unspecified atom stereocenters. The summed E-state index contributed by atoms with van der Waals surface area (Å²) in [5.41, 5.74) is -0.644. The lowest BCUT2D eigenvalue weighted by molar-refractivity contribution is 0.252. The predicted molar refractivity (Wildman–Crippen MR) is 37.6 cm³/mol. The van der Waals surface area contributed by atoms with Crippen LogP contribution in [-0.2, 0) is 4.74 Å². The molecule has 0 aromatic heterocycles. The first-order chi connectivity index (χ1) is 4.16. The van der Waals surface area contributed by atoms with Gasteiger partial charge in [-0.05, 0) is 13.3 Å². The van der Waals surface area contributed by atoms with E-state index in [9.17, 15) is 0 Å². The van der Waals surface area contributed by atoms with Gasteiger partial charge in [-0.2, -0.15) is 0 Å². The number of hydrogen-bond acceptors (Lipinski definition) is 2. The van der Waals surface area contributed by atoms with Crippen LogP contribution in [0.15, 0.2) is 0 Å². The highest BCUT2D eigenvalue weighted by Crippen LogP contribution is 2.04. The summed E-state index contributed by atoms with van der Waals surface area (Å²) in [7, 11) is 0. The molecule has 0 saturated carbocycles. The van der Waals surface area contributed by atoms with Crippen LogP contribution in [-0.4, -0.2) is 23.4 Å². The summed E-state index contributed by atoms with van der Waals surface area (Å²) in [5.74, 6) is 0. The molecule has 0 bridgehead atoms. The fourth-order valence-electron chi connectivity index (χ4n) is 0.0962. The molecule has 1 saturated heterocycles. The number of aliphatic hydroxyl groups is 1. The quantitative estimate of drug-likeness (QED) is 0.455. The fraction of sp³-hybridized carbons (Fsp3) is 1.00. The number of aliphatic hydroxyl groups excluding tert-OH is 1. The van der Waals surface area contributed by atoms with Gasteiger partial charge in [0.25, 0.3) is 0 Å². The van der Waals surface area contributed by atoms with Crippen LogP contribution in [0.3, 0.4) is 0 Å². The molecule has 0 amide bonds. The van der Waals surface area contributed by atoms with Crippen molar-refractivity contribution in [1.82, 2.24) is 0 Å². The Morgan fingerprint density at radius 1 is 1.89 bits per heavy atom. The Morgan fingerprint density at radius 3 is 2.11 bits per heavy atom. The van der Waals surface area contributed by atoms with Crippen LogP contribution in [0.4, 0.5) is 0 Å². The van der Waals surface area contributed by atoms with Gasteiger partial charge in [0.05, 0.1) is 12.7 Å².